The van der Waals surface area contributed by atoms with Crippen LogP contribution < -0.4 is 10.6 Å². The number of pyridine rings is 1. The molecule has 1 heterocycles. The molecule has 106 valence electrons. The maximum Gasteiger partial charge on any atom is 0.168 e. The van der Waals surface area contributed by atoms with E-state index in [2.05, 4.69) is 15.6 Å². The van der Waals surface area contributed by atoms with Crippen LogP contribution in [0.3, 0.4) is 0 Å². The molecule has 5 heteroatoms. The zero-order valence-corrected chi connectivity index (χ0v) is 11.3. The summed E-state index contributed by atoms with van der Waals surface area (Å²) < 4.78 is 27.2. The summed E-state index contributed by atoms with van der Waals surface area (Å²) in [6.45, 7) is 2.40. The molecule has 0 amide bonds. The molecule has 0 spiro atoms. The summed E-state index contributed by atoms with van der Waals surface area (Å²) in [6.07, 6.45) is 6.82. The topological polar surface area (TPSA) is 37.0 Å². The number of nitrogens with zero attached hydrogens (tertiary/aromatic N) is 1. The number of aromatic nitrogens is 1. The monoisotopic (exact) mass is 269 g/mol. The normalized spacial score (nSPS) is 17.0. The smallest absolute Gasteiger partial charge is 0.168 e. The number of nitrogens with one attached hydrogen (secondary N) is 2. The molecular weight excluding hydrogens is 248 g/mol. The largest absolute Gasteiger partial charge is 0.368 e. The fourth-order valence-corrected chi connectivity index (χ4v) is 2.48. The predicted molar refractivity (Wildman–Crippen MR) is 73.4 cm³/mol. The van der Waals surface area contributed by atoms with E-state index in [1.54, 1.807) is 0 Å². The third-order valence-corrected chi connectivity index (χ3v) is 3.47. The van der Waals surface area contributed by atoms with Gasteiger partial charge in [-0.25, -0.2) is 13.8 Å². The van der Waals surface area contributed by atoms with Crippen LogP contribution in [0, 0.1) is 11.6 Å². The molecule has 0 aliphatic heterocycles. The van der Waals surface area contributed by atoms with Crippen molar-refractivity contribution in [1.82, 2.24) is 4.98 Å². The van der Waals surface area contributed by atoms with Gasteiger partial charge in [-0.05, 0) is 19.8 Å². The highest BCUT2D eigenvalue weighted by Crippen LogP contribution is 2.24. The Morgan fingerprint density at radius 2 is 1.74 bits per heavy atom. The summed E-state index contributed by atoms with van der Waals surface area (Å²) in [7, 11) is 0. The second-order valence-corrected chi connectivity index (χ2v) is 5.01. The zero-order valence-electron chi connectivity index (χ0n) is 11.3. The van der Waals surface area contributed by atoms with E-state index >= 15 is 0 Å². The van der Waals surface area contributed by atoms with Gasteiger partial charge in [0.2, 0.25) is 0 Å². The average Bonchev–Trinajstić information content (AvgIpc) is 2.64. The molecule has 2 rings (SSSR count). The van der Waals surface area contributed by atoms with Crippen molar-refractivity contribution < 1.29 is 8.78 Å². The molecule has 0 unspecified atom stereocenters. The minimum atomic E-state index is -0.647. The van der Waals surface area contributed by atoms with Crippen molar-refractivity contribution >= 4 is 11.6 Å². The van der Waals surface area contributed by atoms with Gasteiger partial charge in [-0.15, -0.1) is 0 Å². The summed E-state index contributed by atoms with van der Waals surface area (Å²) in [5.41, 5.74) is 0. The maximum atomic E-state index is 13.7. The second-order valence-electron chi connectivity index (χ2n) is 5.01. The van der Waals surface area contributed by atoms with Gasteiger partial charge in [-0.1, -0.05) is 25.7 Å². The van der Waals surface area contributed by atoms with E-state index in [9.17, 15) is 8.78 Å². The Bertz CT molecular complexity index is 415. The van der Waals surface area contributed by atoms with E-state index in [-0.39, 0.29) is 17.7 Å². The van der Waals surface area contributed by atoms with Crippen molar-refractivity contribution in [2.24, 2.45) is 0 Å². The van der Waals surface area contributed by atoms with Crippen LogP contribution in [0.4, 0.5) is 20.4 Å². The molecule has 0 radical (unpaired) electrons. The number of anilines is 2. The van der Waals surface area contributed by atoms with Crippen molar-refractivity contribution in [2.75, 3.05) is 17.2 Å². The van der Waals surface area contributed by atoms with Crippen LogP contribution in [-0.4, -0.2) is 17.6 Å². The van der Waals surface area contributed by atoms with Crippen LogP contribution in [-0.2, 0) is 0 Å². The lowest BCUT2D eigenvalue weighted by Gasteiger charge is -2.18. The number of rotatable bonds is 4. The molecule has 1 aromatic rings. The van der Waals surface area contributed by atoms with E-state index in [4.69, 9.17) is 0 Å². The first-order valence-corrected chi connectivity index (χ1v) is 7.07. The Balaban J connectivity index is 2.11. The van der Waals surface area contributed by atoms with Gasteiger partial charge in [-0.2, -0.15) is 0 Å². The third kappa shape index (κ3) is 3.78. The van der Waals surface area contributed by atoms with Crippen molar-refractivity contribution in [2.45, 2.75) is 51.5 Å². The molecule has 3 nitrogen and oxygen atoms in total. The van der Waals surface area contributed by atoms with Crippen LogP contribution >= 0.6 is 0 Å². The summed E-state index contributed by atoms with van der Waals surface area (Å²) >= 11 is 0. The van der Waals surface area contributed by atoms with Gasteiger partial charge in [0.05, 0.1) is 0 Å². The van der Waals surface area contributed by atoms with Gasteiger partial charge in [-0.3, -0.25) is 0 Å². The molecule has 1 saturated carbocycles. The summed E-state index contributed by atoms with van der Waals surface area (Å²) in [4.78, 5) is 4.01. The number of hydrogen-bond acceptors (Lipinski definition) is 3. The van der Waals surface area contributed by atoms with Crippen LogP contribution in [0.1, 0.15) is 45.4 Å². The minimum absolute atomic E-state index is 0.111. The first-order chi connectivity index (χ1) is 9.20. The van der Waals surface area contributed by atoms with E-state index in [1.807, 2.05) is 6.92 Å². The number of halogens is 2. The Hall–Kier alpha value is -1.39. The number of hydrogen-bond donors (Lipinski definition) is 2. The fourth-order valence-electron chi connectivity index (χ4n) is 2.48. The highest BCUT2D eigenvalue weighted by Gasteiger charge is 2.16. The van der Waals surface area contributed by atoms with Crippen LogP contribution in [0.15, 0.2) is 6.07 Å². The minimum Gasteiger partial charge on any atom is -0.368 e. The average molecular weight is 269 g/mol. The maximum absolute atomic E-state index is 13.7. The summed E-state index contributed by atoms with van der Waals surface area (Å²) in [5, 5.41) is 5.92. The van der Waals surface area contributed by atoms with Crippen molar-refractivity contribution in [1.29, 1.82) is 0 Å². The molecule has 0 bridgehead atoms. The fraction of sp³-hybridized carbons (Fsp3) is 0.643. The van der Waals surface area contributed by atoms with Gasteiger partial charge in [0.25, 0.3) is 0 Å². The molecule has 0 aromatic carbocycles. The first-order valence-electron chi connectivity index (χ1n) is 7.07. The summed E-state index contributed by atoms with van der Waals surface area (Å²) in [5.74, 6) is -1.00. The predicted octanol–water partition coefficient (Wildman–Crippen LogP) is 3.93. The molecule has 2 N–H and O–H groups in total. The van der Waals surface area contributed by atoms with Gasteiger partial charge >= 0.3 is 0 Å². The van der Waals surface area contributed by atoms with Gasteiger partial charge in [0.15, 0.2) is 23.3 Å². The summed E-state index contributed by atoms with van der Waals surface area (Å²) in [6, 6.07) is 1.13. The quantitative estimate of drug-likeness (QED) is 0.813. The molecular formula is C14H21F2N3. The first kappa shape index (κ1) is 14.0. The lowest BCUT2D eigenvalue weighted by molar-refractivity contribution is 0.566. The molecule has 1 aromatic heterocycles. The van der Waals surface area contributed by atoms with Gasteiger partial charge in [0, 0.05) is 18.7 Å². The Morgan fingerprint density at radius 3 is 2.37 bits per heavy atom. The molecule has 1 aliphatic carbocycles. The van der Waals surface area contributed by atoms with Gasteiger partial charge < -0.3 is 10.6 Å². The standard InChI is InChI=1S/C14H21F2N3/c1-2-17-13-11(15)9-12(16)14(19-13)18-10-7-5-3-4-6-8-10/h9-10H,2-8H2,1H3,(H2,17,18,19). The molecule has 0 saturated heterocycles. The van der Waals surface area contributed by atoms with Crippen molar-refractivity contribution in [3.63, 3.8) is 0 Å². The Morgan fingerprint density at radius 1 is 1.11 bits per heavy atom. The van der Waals surface area contributed by atoms with E-state index < -0.39 is 11.6 Å². The van der Waals surface area contributed by atoms with E-state index in [0.717, 1.165) is 31.7 Å². The lowest BCUT2D eigenvalue weighted by Crippen LogP contribution is -2.20. The highest BCUT2D eigenvalue weighted by molar-refractivity contribution is 5.48. The Labute approximate surface area is 112 Å². The van der Waals surface area contributed by atoms with Crippen molar-refractivity contribution in [3.05, 3.63) is 17.7 Å². The lowest BCUT2D eigenvalue weighted by atomic mass is 10.1. The van der Waals surface area contributed by atoms with Crippen LogP contribution in [0.2, 0.25) is 0 Å². The molecule has 19 heavy (non-hydrogen) atoms. The van der Waals surface area contributed by atoms with Gasteiger partial charge in [0.1, 0.15) is 0 Å². The highest BCUT2D eigenvalue weighted by atomic mass is 19.1. The SMILES string of the molecule is CCNc1nc(NC2CCCCCC2)c(F)cc1F. The third-order valence-electron chi connectivity index (χ3n) is 3.47. The Kier molecular flexibility index (Phi) is 4.93. The van der Waals surface area contributed by atoms with Crippen LogP contribution in [0.5, 0.6) is 0 Å². The molecule has 0 atom stereocenters. The zero-order chi connectivity index (χ0) is 13.7. The van der Waals surface area contributed by atoms with E-state index in [0.29, 0.717) is 6.54 Å². The van der Waals surface area contributed by atoms with Crippen LogP contribution in [0.25, 0.3) is 0 Å². The second kappa shape index (κ2) is 6.68. The molecule has 1 fully saturated rings. The van der Waals surface area contributed by atoms with E-state index in [1.165, 1.54) is 12.8 Å². The van der Waals surface area contributed by atoms with Crippen molar-refractivity contribution in [3.8, 4) is 0 Å². The molecule has 1 aliphatic rings.